The summed E-state index contributed by atoms with van der Waals surface area (Å²) in [5.41, 5.74) is 14.3. The summed E-state index contributed by atoms with van der Waals surface area (Å²) < 4.78 is 70.4. The number of phosphoric acid groups is 3. The minimum atomic E-state index is -5.81. The topological polar surface area (TPSA) is 617 Å². The number of azide groups is 1. The summed E-state index contributed by atoms with van der Waals surface area (Å²) in [4.78, 5) is 159. The van der Waals surface area contributed by atoms with E-state index in [-0.39, 0.29) is 85.2 Å². The van der Waals surface area contributed by atoms with Crippen LogP contribution in [0.3, 0.4) is 0 Å². The Kier molecular flexibility index (Phi) is 27.0. The number of aliphatic carboxylic acids is 4. The first-order valence-electron chi connectivity index (χ1n) is 26.0. The Hall–Kier alpha value is -8.99. The number of amides is 5. The van der Waals surface area contributed by atoms with E-state index in [1.165, 1.54) is 35.0 Å². The molecule has 1 saturated heterocycles. The van der Waals surface area contributed by atoms with Gasteiger partial charge in [-0.05, 0) is 54.8 Å². The third-order valence-corrected chi connectivity index (χ3v) is 15.7. The number of nitrogens with one attached hydrogen (secondary N) is 5. The second kappa shape index (κ2) is 33.7. The van der Waals surface area contributed by atoms with Crippen LogP contribution in [0.15, 0.2) is 60.1 Å². The number of aliphatic hydroxyl groups is 1. The lowest BCUT2D eigenvalue weighted by molar-refractivity contribution is -0.142. The van der Waals surface area contributed by atoms with Crippen LogP contribution < -0.4 is 37.1 Å². The summed E-state index contributed by atoms with van der Waals surface area (Å²) in [6.07, 6.45) is -5.06. The molecule has 16 N–H and O–H groups in total. The number of hydrogen-bond acceptors (Lipinski definition) is 24. The van der Waals surface area contributed by atoms with Crippen molar-refractivity contribution in [3.05, 3.63) is 93.2 Å². The molecule has 91 heavy (non-hydrogen) atoms. The van der Waals surface area contributed by atoms with Gasteiger partial charge in [0.25, 0.3) is 23.6 Å². The lowest BCUT2D eigenvalue weighted by Gasteiger charge is -2.19. The smallest absolute Gasteiger partial charge is 0.490 e. The highest BCUT2D eigenvalue weighted by molar-refractivity contribution is 7.66. The number of nitrogen functional groups attached to an aromatic ring is 1. The summed E-state index contributed by atoms with van der Waals surface area (Å²) in [6.45, 7) is -2.84. The van der Waals surface area contributed by atoms with Crippen molar-refractivity contribution in [2.45, 2.75) is 68.9 Å². The second-order valence-corrected chi connectivity index (χ2v) is 23.1. The summed E-state index contributed by atoms with van der Waals surface area (Å²) >= 11 is 0. The second-order valence-electron chi connectivity index (χ2n) is 18.6. The molecule has 0 bridgehead atoms. The molecule has 43 heteroatoms. The fraction of sp³-hybridized carbons (Fsp3) is 0.396. The molecule has 1 aliphatic heterocycles. The fourth-order valence-corrected chi connectivity index (χ4v) is 10.9. The number of ether oxygens (including phenoxy) is 4. The van der Waals surface area contributed by atoms with Gasteiger partial charge in [0.15, 0.2) is 6.23 Å². The molecule has 0 saturated carbocycles. The first kappa shape index (κ1) is 72.8. The normalized spacial score (nSPS) is 16.8. The van der Waals surface area contributed by atoms with Crippen molar-refractivity contribution in [1.29, 1.82) is 0 Å². The largest absolute Gasteiger partial charge is 0.491 e. The Morgan fingerprint density at radius 2 is 1.38 bits per heavy atom. The summed E-state index contributed by atoms with van der Waals surface area (Å²) in [7, 11) is -17.0. The molecule has 1 fully saturated rings. The van der Waals surface area contributed by atoms with Gasteiger partial charge in [0.1, 0.15) is 61.2 Å². The van der Waals surface area contributed by atoms with Crippen LogP contribution in [0, 0.1) is 11.8 Å². The maximum atomic E-state index is 13.4. The standard InChI is InChI=1S/C48H57N12O28P3/c49-41-40-26(20-60(42(40)55-24-54-41)37-19-33(61)34(86-37)21-85-90(78,79)88-91(80,81)87-89(75,76)77)4-2-10-51-35(62)22-82-13-14-83-36(58-59-50)23-84-30-5-1-3-25(18-30)43(67)52-11-12-53-44(68)27-15-28(45(69)56-31(47(71)72)6-8-38(63)64)17-29(16-27)46(70)57-32(48(73)74)7-9-39(65)66/h1,3,5,15-18,20,24,31-34,36-37,61H,6-14,19,21-23H2,(H,51,62)(H,52,67)(H,53,68)(H,56,69)(H,57,70)(H,63,64)(H,65,66)(H,71,72)(H,73,74)(H,78,79)(H,80,81)(H2,49,54,55)(H2,75,76,77)/t31-,32?,33-,34+,36?,37+/m0/s1. The van der Waals surface area contributed by atoms with Crippen LogP contribution in [0.1, 0.15) is 85.3 Å². The maximum absolute atomic E-state index is 13.4. The number of hydrogen-bond donors (Lipinski definition) is 15. The van der Waals surface area contributed by atoms with Gasteiger partial charge >= 0.3 is 47.3 Å². The van der Waals surface area contributed by atoms with Gasteiger partial charge < -0.3 is 101 Å². The molecule has 492 valence electrons. The van der Waals surface area contributed by atoms with Crippen molar-refractivity contribution in [2.75, 3.05) is 58.4 Å². The molecule has 5 amide bonds. The third kappa shape index (κ3) is 24.0. The Morgan fingerprint density at radius 3 is 1.96 bits per heavy atom. The van der Waals surface area contributed by atoms with E-state index in [0.717, 1.165) is 24.5 Å². The van der Waals surface area contributed by atoms with Crippen molar-refractivity contribution < 1.29 is 134 Å². The van der Waals surface area contributed by atoms with Crippen LogP contribution in [-0.2, 0) is 65.0 Å². The highest BCUT2D eigenvalue weighted by Gasteiger charge is 2.43. The molecular weight excluding hydrogens is 1290 g/mol. The van der Waals surface area contributed by atoms with Crippen LogP contribution >= 0.6 is 23.5 Å². The maximum Gasteiger partial charge on any atom is 0.490 e. The molecular formula is C48H57N12O28P3. The van der Waals surface area contributed by atoms with E-state index >= 15 is 0 Å². The minimum absolute atomic E-state index is 0.0182. The number of aliphatic hydroxyl groups excluding tert-OH is 1. The molecule has 5 rings (SSSR count). The number of nitrogens with two attached hydrogens (primary N) is 1. The lowest BCUT2D eigenvalue weighted by Crippen LogP contribution is -2.42. The number of nitrogens with zero attached hydrogens (tertiary/aromatic N) is 6. The van der Waals surface area contributed by atoms with Gasteiger partial charge in [-0.2, -0.15) is 8.62 Å². The first-order valence-corrected chi connectivity index (χ1v) is 30.5. The fourth-order valence-electron chi connectivity index (χ4n) is 7.85. The number of anilines is 1. The number of benzene rings is 2. The monoisotopic (exact) mass is 1340 g/mol. The van der Waals surface area contributed by atoms with E-state index in [9.17, 15) is 82.0 Å². The van der Waals surface area contributed by atoms with E-state index < -0.39 is 164 Å². The molecule has 4 aromatic rings. The molecule has 2 aromatic heterocycles. The van der Waals surface area contributed by atoms with Crippen LogP contribution in [0.2, 0.25) is 0 Å². The van der Waals surface area contributed by atoms with Crippen LogP contribution in [-0.4, -0.2) is 196 Å². The van der Waals surface area contributed by atoms with Gasteiger partial charge in [-0.25, -0.2) is 33.3 Å². The molecule has 0 aliphatic carbocycles. The number of carbonyl (C=O) groups excluding carboxylic acids is 5. The summed E-state index contributed by atoms with van der Waals surface area (Å²) in [6, 6.07) is 5.00. The number of aromatic nitrogens is 3. The van der Waals surface area contributed by atoms with Crippen molar-refractivity contribution in [3.8, 4) is 17.6 Å². The number of carbonyl (C=O) groups is 9. The summed E-state index contributed by atoms with van der Waals surface area (Å²) in [5.74, 6) is -4.84. The molecule has 1 aliphatic rings. The number of carboxylic acid groups (broad SMARTS) is 4. The average Bonchev–Trinajstić information content (AvgIpc) is 1.65. The molecule has 40 nitrogen and oxygen atoms in total. The van der Waals surface area contributed by atoms with E-state index in [2.05, 4.69) is 71.6 Å². The van der Waals surface area contributed by atoms with Gasteiger partial charge in [-0.15, -0.1) is 0 Å². The molecule has 4 unspecified atom stereocenters. The van der Waals surface area contributed by atoms with Gasteiger partial charge in [0.2, 0.25) is 5.91 Å². The SMILES string of the molecule is [N-]=[N+]=NC(COc1cccc(C(=O)NCCNC(=O)c2cc(C(=O)NC(CCC(=O)O)C(=O)O)cc(C(=O)N[C@@H](CCC(=O)O)C(=O)O)c2)c1)OCCOCC(=O)NCC#Cc1cn([C@H]2C[C@H](O)[C@@H](COP(=O)(O)OP(=O)(O)OP(=O)(O)O)O2)c2ncnc(N)c12. The van der Waals surface area contributed by atoms with Crippen LogP contribution in [0.5, 0.6) is 5.75 Å². The first-order chi connectivity index (χ1) is 42.8. The van der Waals surface area contributed by atoms with E-state index in [0.29, 0.717) is 0 Å². The quantitative estimate of drug-likeness (QED) is 0.00680. The molecule has 0 radical (unpaired) electrons. The van der Waals surface area contributed by atoms with Gasteiger partial charge in [0, 0.05) is 65.7 Å². The van der Waals surface area contributed by atoms with Crippen molar-refractivity contribution in [3.63, 3.8) is 0 Å². The van der Waals surface area contributed by atoms with Crippen molar-refractivity contribution >= 4 is 93.7 Å². The zero-order valence-electron chi connectivity index (χ0n) is 46.7. The Morgan fingerprint density at radius 1 is 0.791 bits per heavy atom. The van der Waals surface area contributed by atoms with E-state index in [1.807, 2.05) is 0 Å². The number of rotatable bonds is 36. The zero-order valence-corrected chi connectivity index (χ0v) is 49.4. The van der Waals surface area contributed by atoms with Gasteiger partial charge in [0.05, 0.1) is 43.4 Å². The number of fused-ring (bicyclic) bond motifs is 1. The summed E-state index contributed by atoms with van der Waals surface area (Å²) in [5, 5.41) is 63.2. The van der Waals surface area contributed by atoms with E-state index in [4.69, 9.17) is 50.2 Å². The number of phosphoric ester groups is 1. The highest BCUT2D eigenvalue weighted by Crippen LogP contribution is 2.66. The number of carboxylic acids is 4. The Bertz CT molecular complexity index is 3580. The molecule has 8 atom stereocenters. The molecule has 2 aromatic carbocycles. The minimum Gasteiger partial charge on any atom is -0.491 e. The van der Waals surface area contributed by atoms with Crippen molar-refractivity contribution in [2.24, 2.45) is 5.11 Å². The lowest BCUT2D eigenvalue weighted by atomic mass is 10.0. The average molecular weight is 1340 g/mol. The Balaban J connectivity index is 1.07. The predicted octanol–water partition coefficient (Wildman–Crippen LogP) is -0.523. The Labute approximate surface area is 510 Å². The predicted molar refractivity (Wildman–Crippen MR) is 300 cm³/mol. The third-order valence-electron chi connectivity index (χ3n) is 11.9. The zero-order chi connectivity index (χ0) is 67.2. The van der Waals surface area contributed by atoms with E-state index in [1.54, 1.807) is 0 Å². The van der Waals surface area contributed by atoms with Crippen molar-refractivity contribution in [1.82, 2.24) is 41.1 Å². The molecule has 3 heterocycles. The van der Waals surface area contributed by atoms with Crippen LogP contribution in [0.25, 0.3) is 21.5 Å². The van der Waals surface area contributed by atoms with Crippen LogP contribution in [0.4, 0.5) is 5.82 Å². The molecule has 0 spiro atoms. The van der Waals surface area contributed by atoms with Gasteiger partial charge in [-0.1, -0.05) is 23.0 Å². The van der Waals surface area contributed by atoms with Gasteiger partial charge in [-0.3, -0.25) is 38.1 Å². The highest BCUT2D eigenvalue weighted by atomic mass is 31.3.